The third-order valence-electron chi connectivity index (χ3n) is 9.90. The van der Waals surface area contributed by atoms with E-state index in [-0.39, 0.29) is 0 Å². The fourth-order valence-electron chi connectivity index (χ4n) is 6.96. The van der Waals surface area contributed by atoms with Crippen LogP contribution >= 0.6 is 11.3 Å². The number of unbranched alkanes of at least 4 members (excludes halogenated alkanes) is 3. The summed E-state index contributed by atoms with van der Waals surface area (Å²) in [6, 6.07) is 37.6. The van der Waals surface area contributed by atoms with Crippen LogP contribution in [0, 0.1) is 36.5 Å². The number of fused-ring (bicyclic) bond motifs is 2. The van der Waals surface area contributed by atoms with Gasteiger partial charge in [-0.2, -0.15) is 10.5 Å². The number of benzene rings is 4. The van der Waals surface area contributed by atoms with E-state index in [1.54, 1.807) is 0 Å². The van der Waals surface area contributed by atoms with E-state index >= 15 is 0 Å². The van der Waals surface area contributed by atoms with Gasteiger partial charge in [0.15, 0.2) is 0 Å². The molecule has 3 aromatic heterocycles. The Hall–Kier alpha value is -6.02. The van der Waals surface area contributed by atoms with Crippen molar-refractivity contribution in [2.24, 2.45) is 4.99 Å². The molecule has 7 heteroatoms. The van der Waals surface area contributed by atoms with Gasteiger partial charge < -0.3 is 9.97 Å². The van der Waals surface area contributed by atoms with Gasteiger partial charge in [0.05, 0.1) is 49.3 Å². The third kappa shape index (κ3) is 8.24. The molecular weight excluding hydrogens is 693 g/mol. The van der Waals surface area contributed by atoms with Crippen molar-refractivity contribution in [1.82, 2.24) is 15.0 Å². The lowest BCUT2D eigenvalue weighted by Gasteiger charge is -2.05. The average Bonchev–Trinajstić information content (AvgIpc) is 3.91. The molecule has 0 saturated carbocycles. The second-order valence-electron chi connectivity index (χ2n) is 13.9. The summed E-state index contributed by atoms with van der Waals surface area (Å²) in [6.45, 7) is 12.6. The molecule has 0 aliphatic carbocycles. The van der Waals surface area contributed by atoms with E-state index in [1.807, 2.05) is 74.5 Å². The van der Waals surface area contributed by atoms with Crippen LogP contribution in [0.1, 0.15) is 81.5 Å². The summed E-state index contributed by atoms with van der Waals surface area (Å²) in [5, 5.41) is 25.3. The highest BCUT2D eigenvalue weighted by molar-refractivity contribution is 7.19. The Morgan fingerprint density at radius 3 is 1.98 bits per heavy atom. The second-order valence-corrected chi connectivity index (χ2v) is 14.9. The molecular formula is C48H48N6S. The SMILES string of the molecule is CCCCCC.CCCc1ccc(-c2[nH]/c(=C(/C#N)c3nc4ccccc4s3)c3c(-c4ccccc4C)[nH]/c(=C(/C#N)C(C)=Nc4ccccc4C)c23)cc1. The predicted octanol–water partition coefficient (Wildman–Crippen LogP) is 11.8. The summed E-state index contributed by atoms with van der Waals surface area (Å²) < 4.78 is 1.01. The first-order chi connectivity index (χ1) is 26.8. The van der Waals surface area contributed by atoms with Crippen molar-refractivity contribution in [3.05, 3.63) is 129 Å². The molecule has 6 nitrogen and oxygen atoms in total. The van der Waals surface area contributed by atoms with Crippen LogP contribution in [0.3, 0.4) is 0 Å². The van der Waals surface area contributed by atoms with Gasteiger partial charge in [0.2, 0.25) is 0 Å². The normalized spacial score (nSPS) is 12.5. The van der Waals surface area contributed by atoms with E-state index < -0.39 is 0 Å². The van der Waals surface area contributed by atoms with E-state index in [0.717, 1.165) is 73.2 Å². The van der Waals surface area contributed by atoms with Gasteiger partial charge in [-0.15, -0.1) is 11.3 Å². The van der Waals surface area contributed by atoms with Gasteiger partial charge in [-0.1, -0.05) is 132 Å². The highest BCUT2D eigenvalue weighted by atomic mass is 32.1. The van der Waals surface area contributed by atoms with Crippen LogP contribution in [0.25, 0.3) is 54.7 Å². The lowest BCUT2D eigenvalue weighted by atomic mass is 10.0. The minimum atomic E-state index is 0.431. The first kappa shape index (κ1) is 38.7. The molecule has 0 aliphatic heterocycles. The minimum Gasteiger partial charge on any atom is -0.353 e. The van der Waals surface area contributed by atoms with Crippen molar-refractivity contribution in [1.29, 1.82) is 10.5 Å². The van der Waals surface area contributed by atoms with Crippen molar-refractivity contribution in [3.63, 3.8) is 0 Å². The number of para-hydroxylation sites is 2. The van der Waals surface area contributed by atoms with Crippen LogP contribution in [0.2, 0.25) is 0 Å². The number of H-pyrrole nitrogens is 2. The van der Waals surface area contributed by atoms with E-state index in [0.29, 0.717) is 32.6 Å². The Morgan fingerprint density at radius 2 is 1.35 bits per heavy atom. The van der Waals surface area contributed by atoms with Gasteiger partial charge in [0.1, 0.15) is 22.7 Å². The average molecular weight is 741 g/mol. The largest absolute Gasteiger partial charge is 0.353 e. The molecule has 0 bridgehead atoms. The molecule has 0 atom stereocenters. The monoisotopic (exact) mass is 740 g/mol. The maximum Gasteiger partial charge on any atom is 0.137 e. The van der Waals surface area contributed by atoms with E-state index in [4.69, 9.17) is 9.98 Å². The molecule has 0 aliphatic rings. The second kappa shape index (κ2) is 17.9. The number of aryl methyl sites for hydroxylation is 3. The zero-order valence-corrected chi connectivity index (χ0v) is 33.5. The molecule has 276 valence electrons. The van der Waals surface area contributed by atoms with Crippen LogP contribution in [0.4, 0.5) is 5.69 Å². The fourth-order valence-corrected chi connectivity index (χ4v) is 7.92. The van der Waals surface area contributed by atoms with Gasteiger partial charge in [0, 0.05) is 16.3 Å². The first-order valence-corrected chi connectivity index (χ1v) is 20.1. The topological polar surface area (TPSA) is 104 Å². The number of aromatic amines is 2. The Morgan fingerprint density at radius 1 is 0.709 bits per heavy atom. The molecule has 2 N–H and O–H groups in total. The molecule has 3 heterocycles. The molecule has 0 radical (unpaired) electrons. The van der Waals surface area contributed by atoms with Crippen molar-refractivity contribution in [2.45, 2.75) is 80.1 Å². The summed E-state index contributed by atoms with van der Waals surface area (Å²) in [6.07, 6.45) is 7.58. The maximum atomic E-state index is 10.8. The van der Waals surface area contributed by atoms with Crippen molar-refractivity contribution in [3.8, 4) is 34.7 Å². The maximum absolute atomic E-state index is 10.8. The Kier molecular flexibility index (Phi) is 12.6. The summed E-state index contributed by atoms with van der Waals surface area (Å²) in [4.78, 5) is 17.2. The summed E-state index contributed by atoms with van der Waals surface area (Å²) in [5.74, 6) is 0. The highest BCUT2D eigenvalue weighted by Crippen LogP contribution is 2.34. The number of nitriles is 2. The van der Waals surface area contributed by atoms with Crippen molar-refractivity contribution >= 4 is 54.9 Å². The zero-order chi connectivity index (χ0) is 38.9. The van der Waals surface area contributed by atoms with Crippen LogP contribution in [-0.2, 0) is 6.42 Å². The number of aliphatic imine (C=N–C) groups is 1. The number of hydrogen-bond acceptors (Lipinski definition) is 5. The van der Waals surface area contributed by atoms with Gasteiger partial charge >= 0.3 is 0 Å². The number of thiazole rings is 1. The number of aromatic nitrogens is 3. The molecule has 0 spiro atoms. The van der Waals surface area contributed by atoms with E-state index in [1.165, 1.54) is 42.6 Å². The predicted molar refractivity (Wildman–Crippen MR) is 232 cm³/mol. The summed E-state index contributed by atoms with van der Waals surface area (Å²) >= 11 is 1.50. The highest BCUT2D eigenvalue weighted by Gasteiger charge is 2.24. The van der Waals surface area contributed by atoms with Gasteiger partial charge in [-0.3, -0.25) is 4.99 Å². The zero-order valence-electron chi connectivity index (χ0n) is 32.7. The minimum absolute atomic E-state index is 0.431. The molecule has 0 amide bonds. The Labute approximate surface area is 328 Å². The number of nitrogens with one attached hydrogen (secondary N) is 2. The lowest BCUT2D eigenvalue weighted by molar-refractivity contribution is 0.702. The van der Waals surface area contributed by atoms with Crippen LogP contribution in [0.15, 0.2) is 102 Å². The molecule has 0 unspecified atom stereocenters. The molecule has 7 rings (SSSR count). The van der Waals surface area contributed by atoms with E-state index in [9.17, 15) is 10.5 Å². The third-order valence-corrected chi connectivity index (χ3v) is 11.0. The van der Waals surface area contributed by atoms with Gasteiger partial charge in [-0.05, 0) is 67.6 Å². The molecule has 4 aromatic carbocycles. The number of hydrogen-bond donors (Lipinski definition) is 2. The molecule has 55 heavy (non-hydrogen) atoms. The van der Waals surface area contributed by atoms with Crippen molar-refractivity contribution in [2.75, 3.05) is 0 Å². The number of nitrogens with zero attached hydrogens (tertiary/aromatic N) is 4. The summed E-state index contributed by atoms with van der Waals surface area (Å²) in [7, 11) is 0. The molecule has 0 fully saturated rings. The van der Waals surface area contributed by atoms with E-state index in [2.05, 4.69) is 86.2 Å². The van der Waals surface area contributed by atoms with Gasteiger partial charge in [-0.25, -0.2) is 4.98 Å². The standard InChI is InChI=1S/C42H34N6S.C6H14/c1-5-12-28-19-21-29(22-20-28)38-36-37(41(47-38)32(24-44)42-46-34-17-10-11-18-35(34)49-42)39(30-15-8-6-13-25(30)2)48-40(36)31(23-43)27(4)45-33-16-9-7-14-26(33)3;1-3-5-6-4-2/h6-11,13-22,47-48H,5,12H2,1-4H3;3-6H2,1-2H3/b40-31-,41-32-,45-27?;. The van der Waals surface area contributed by atoms with Crippen LogP contribution in [0.5, 0.6) is 0 Å². The summed E-state index contributed by atoms with van der Waals surface area (Å²) in [5.41, 5.74) is 10.1. The lowest BCUT2D eigenvalue weighted by Crippen LogP contribution is -2.13. The smallest absolute Gasteiger partial charge is 0.137 e. The van der Waals surface area contributed by atoms with Crippen molar-refractivity contribution < 1.29 is 0 Å². The van der Waals surface area contributed by atoms with Gasteiger partial charge in [0.25, 0.3) is 0 Å². The Balaban J connectivity index is 0.000000794. The van der Waals surface area contributed by atoms with Crippen LogP contribution in [-0.4, -0.2) is 20.7 Å². The fraction of sp³-hybridized carbons (Fsp3) is 0.250. The molecule has 0 saturated heterocycles. The first-order valence-electron chi connectivity index (χ1n) is 19.3. The molecule has 7 aromatic rings. The number of rotatable bonds is 10. The van der Waals surface area contributed by atoms with Crippen LogP contribution < -0.4 is 10.7 Å². The quantitative estimate of drug-likeness (QED) is 0.108. The Bertz CT molecular complexity index is 2650.